The van der Waals surface area contributed by atoms with Crippen LogP contribution in [-0.4, -0.2) is 21.4 Å². The third-order valence-corrected chi connectivity index (χ3v) is 3.67. The highest BCUT2D eigenvalue weighted by atomic mass is 32.1. The molecule has 1 aromatic heterocycles. The van der Waals surface area contributed by atoms with E-state index < -0.39 is 0 Å². The topological polar surface area (TPSA) is 63.8 Å². The summed E-state index contributed by atoms with van der Waals surface area (Å²) in [6.45, 7) is 4.86. The third kappa shape index (κ3) is 2.46. The van der Waals surface area contributed by atoms with Crippen molar-refractivity contribution in [1.29, 1.82) is 0 Å². The molecule has 3 N–H and O–H groups in total. The van der Waals surface area contributed by atoms with Crippen LogP contribution in [0.25, 0.3) is 0 Å². The van der Waals surface area contributed by atoms with Gasteiger partial charge in [-0.2, -0.15) is 4.37 Å². The van der Waals surface area contributed by atoms with Crippen molar-refractivity contribution in [2.45, 2.75) is 44.6 Å². The quantitative estimate of drug-likeness (QED) is 0.805. The smallest absolute Gasteiger partial charge is 0.203 e. The Kier molecular flexibility index (Phi) is 2.93. The van der Waals surface area contributed by atoms with Gasteiger partial charge in [0.1, 0.15) is 5.82 Å². The second-order valence-corrected chi connectivity index (χ2v) is 5.23. The van der Waals surface area contributed by atoms with Crippen LogP contribution >= 0.6 is 11.5 Å². The number of nitrogens with zero attached hydrogens (tertiary/aromatic N) is 2. The van der Waals surface area contributed by atoms with Crippen LogP contribution in [0.5, 0.6) is 0 Å². The lowest BCUT2D eigenvalue weighted by molar-refractivity contribution is 0.506. The molecule has 1 heterocycles. The monoisotopic (exact) mass is 226 g/mol. The normalized spacial score (nSPS) is 19.9. The molecular weight excluding hydrogens is 208 g/mol. The molecule has 4 nitrogen and oxygen atoms in total. The molecule has 0 saturated heterocycles. The molecule has 0 amide bonds. The highest BCUT2D eigenvalue weighted by Crippen LogP contribution is 2.39. The summed E-state index contributed by atoms with van der Waals surface area (Å²) < 4.78 is 4.36. The van der Waals surface area contributed by atoms with E-state index in [-0.39, 0.29) is 5.54 Å². The zero-order valence-corrected chi connectivity index (χ0v) is 10.1. The maximum atomic E-state index is 5.74. The Hall–Kier alpha value is -0.680. The molecule has 0 radical (unpaired) electrons. The molecule has 1 saturated carbocycles. The van der Waals surface area contributed by atoms with Gasteiger partial charge in [-0.1, -0.05) is 6.92 Å². The highest BCUT2D eigenvalue weighted by Gasteiger charge is 2.29. The minimum atomic E-state index is -0.0552. The van der Waals surface area contributed by atoms with Gasteiger partial charge in [-0.15, -0.1) is 0 Å². The van der Waals surface area contributed by atoms with Gasteiger partial charge in [0.2, 0.25) is 5.13 Å². The number of anilines is 1. The molecule has 1 aliphatic rings. The Balaban J connectivity index is 2.02. The third-order valence-electron chi connectivity index (χ3n) is 3.02. The lowest BCUT2D eigenvalue weighted by Gasteiger charge is -2.27. The molecule has 0 aromatic carbocycles. The molecular formula is C10H18N4S. The summed E-state index contributed by atoms with van der Waals surface area (Å²) in [6, 6.07) is 0. The van der Waals surface area contributed by atoms with Gasteiger partial charge in [-0.05, 0) is 26.2 Å². The van der Waals surface area contributed by atoms with Crippen molar-refractivity contribution in [2.75, 3.05) is 11.9 Å². The fourth-order valence-corrected chi connectivity index (χ4v) is 2.13. The summed E-state index contributed by atoms with van der Waals surface area (Å²) in [5, 5.41) is 4.29. The van der Waals surface area contributed by atoms with Crippen LogP contribution in [-0.2, 0) is 0 Å². The summed E-state index contributed by atoms with van der Waals surface area (Å²) in [6.07, 6.45) is 3.48. The zero-order valence-electron chi connectivity index (χ0n) is 9.29. The molecule has 84 valence electrons. The predicted molar refractivity (Wildman–Crippen MR) is 63.3 cm³/mol. The Labute approximate surface area is 94.5 Å². The van der Waals surface area contributed by atoms with Crippen molar-refractivity contribution >= 4 is 16.7 Å². The van der Waals surface area contributed by atoms with Gasteiger partial charge < -0.3 is 11.1 Å². The molecule has 15 heavy (non-hydrogen) atoms. The second-order valence-electron chi connectivity index (χ2n) is 4.48. The van der Waals surface area contributed by atoms with Gasteiger partial charge in [0.15, 0.2) is 0 Å². The minimum Gasteiger partial charge on any atom is -0.354 e. The first-order valence-corrected chi connectivity index (χ1v) is 6.26. The highest BCUT2D eigenvalue weighted by molar-refractivity contribution is 7.09. The minimum absolute atomic E-state index is 0.0552. The van der Waals surface area contributed by atoms with E-state index in [1.165, 1.54) is 24.4 Å². The van der Waals surface area contributed by atoms with Gasteiger partial charge in [-0.25, -0.2) is 4.98 Å². The zero-order chi connectivity index (χ0) is 10.9. The molecule has 5 heteroatoms. The van der Waals surface area contributed by atoms with Gasteiger partial charge in [0.05, 0.1) is 0 Å². The largest absolute Gasteiger partial charge is 0.354 e. The summed E-state index contributed by atoms with van der Waals surface area (Å²) in [7, 11) is 0. The summed E-state index contributed by atoms with van der Waals surface area (Å²) >= 11 is 1.45. The van der Waals surface area contributed by atoms with Crippen molar-refractivity contribution in [3.8, 4) is 0 Å². The molecule has 1 aliphatic carbocycles. The predicted octanol–water partition coefficient (Wildman–Crippen LogP) is 1.95. The first-order valence-electron chi connectivity index (χ1n) is 5.49. The van der Waals surface area contributed by atoms with Gasteiger partial charge in [0.25, 0.3) is 0 Å². The SMILES string of the molecule is CCC(C)(CN)Nc1nc(C2CC2)ns1. The van der Waals surface area contributed by atoms with Gasteiger partial charge in [-0.3, -0.25) is 0 Å². The average Bonchev–Trinajstić information content (AvgIpc) is 3.00. The van der Waals surface area contributed by atoms with E-state index in [1.54, 1.807) is 0 Å². The van der Waals surface area contributed by atoms with Crippen LogP contribution in [0.4, 0.5) is 5.13 Å². The van der Waals surface area contributed by atoms with E-state index in [0.29, 0.717) is 12.5 Å². The number of aromatic nitrogens is 2. The fraction of sp³-hybridized carbons (Fsp3) is 0.800. The summed E-state index contributed by atoms with van der Waals surface area (Å²) in [5.41, 5.74) is 5.68. The lowest BCUT2D eigenvalue weighted by atomic mass is 10.00. The first kappa shape index (κ1) is 10.8. The molecule has 2 rings (SSSR count). The van der Waals surface area contributed by atoms with Gasteiger partial charge in [0, 0.05) is 29.5 Å². The van der Waals surface area contributed by atoms with E-state index >= 15 is 0 Å². The Bertz CT molecular complexity index is 328. The summed E-state index contributed by atoms with van der Waals surface area (Å²) in [4.78, 5) is 4.49. The fourth-order valence-electron chi connectivity index (χ4n) is 1.33. The molecule has 0 spiro atoms. The van der Waals surface area contributed by atoms with Crippen molar-refractivity contribution in [1.82, 2.24) is 9.36 Å². The van der Waals surface area contributed by atoms with Crippen molar-refractivity contribution in [3.05, 3.63) is 5.82 Å². The van der Waals surface area contributed by atoms with E-state index in [2.05, 4.69) is 28.5 Å². The van der Waals surface area contributed by atoms with Crippen LogP contribution in [0, 0.1) is 0 Å². The number of nitrogens with two attached hydrogens (primary N) is 1. The standard InChI is InChI=1S/C10H18N4S/c1-3-10(2,6-11)13-9-12-8(14-15-9)7-4-5-7/h7H,3-6,11H2,1-2H3,(H,12,13,14). The number of hydrogen-bond donors (Lipinski definition) is 2. The maximum absolute atomic E-state index is 5.74. The molecule has 0 aliphatic heterocycles. The van der Waals surface area contributed by atoms with Crippen molar-refractivity contribution in [2.24, 2.45) is 5.73 Å². The second kappa shape index (κ2) is 4.06. The van der Waals surface area contributed by atoms with E-state index in [0.717, 1.165) is 17.4 Å². The average molecular weight is 226 g/mol. The number of nitrogens with one attached hydrogen (secondary N) is 1. The lowest BCUT2D eigenvalue weighted by Crippen LogP contribution is -2.41. The van der Waals surface area contributed by atoms with Crippen molar-refractivity contribution < 1.29 is 0 Å². The molecule has 1 aromatic rings. The number of rotatable bonds is 5. The molecule has 0 bridgehead atoms. The summed E-state index contributed by atoms with van der Waals surface area (Å²) in [5.74, 6) is 1.64. The van der Waals surface area contributed by atoms with Crippen molar-refractivity contribution in [3.63, 3.8) is 0 Å². The van der Waals surface area contributed by atoms with Crippen LogP contribution in [0.1, 0.15) is 44.9 Å². The van der Waals surface area contributed by atoms with Crippen LogP contribution < -0.4 is 11.1 Å². The number of hydrogen-bond acceptors (Lipinski definition) is 5. The Morgan fingerprint density at radius 2 is 2.33 bits per heavy atom. The molecule has 1 unspecified atom stereocenters. The van der Waals surface area contributed by atoms with E-state index in [4.69, 9.17) is 5.73 Å². The Morgan fingerprint density at radius 1 is 1.60 bits per heavy atom. The van der Waals surface area contributed by atoms with Crippen LogP contribution in [0.2, 0.25) is 0 Å². The molecule has 1 atom stereocenters. The van der Waals surface area contributed by atoms with E-state index in [1.807, 2.05) is 0 Å². The molecule has 1 fully saturated rings. The van der Waals surface area contributed by atoms with E-state index in [9.17, 15) is 0 Å². The Morgan fingerprint density at radius 3 is 2.87 bits per heavy atom. The van der Waals surface area contributed by atoms with Gasteiger partial charge >= 0.3 is 0 Å². The maximum Gasteiger partial charge on any atom is 0.203 e. The van der Waals surface area contributed by atoms with Crippen LogP contribution in [0.15, 0.2) is 0 Å². The van der Waals surface area contributed by atoms with Crippen LogP contribution in [0.3, 0.4) is 0 Å². The first-order chi connectivity index (χ1) is 7.17.